The van der Waals surface area contributed by atoms with Gasteiger partial charge in [-0.25, -0.2) is 4.79 Å². The van der Waals surface area contributed by atoms with Crippen LogP contribution in [0.5, 0.6) is 17.2 Å². The molecule has 0 amide bonds. The van der Waals surface area contributed by atoms with E-state index in [2.05, 4.69) is 59.8 Å². The van der Waals surface area contributed by atoms with Gasteiger partial charge in [0, 0.05) is 61.8 Å². The fraction of sp³-hybridized carbons (Fsp3) is 0.222. The van der Waals surface area contributed by atoms with Crippen LogP contribution in [0.3, 0.4) is 0 Å². The van der Waals surface area contributed by atoms with E-state index in [1.54, 1.807) is 18.3 Å². The summed E-state index contributed by atoms with van der Waals surface area (Å²) >= 11 is 13.4. The van der Waals surface area contributed by atoms with E-state index in [1.165, 1.54) is 6.20 Å². The van der Waals surface area contributed by atoms with Gasteiger partial charge >= 0.3 is 5.97 Å². The van der Waals surface area contributed by atoms with Crippen LogP contribution in [-0.4, -0.2) is 29.1 Å². The van der Waals surface area contributed by atoms with Crippen LogP contribution in [0.2, 0.25) is 10.0 Å². The van der Waals surface area contributed by atoms with Gasteiger partial charge in [0.15, 0.2) is 0 Å². The van der Waals surface area contributed by atoms with Crippen molar-refractivity contribution in [3.05, 3.63) is 164 Å². The maximum atomic E-state index is 10.6. The summed E-state index contributed by atoms with van der Waals surface area (Å²) in [5, 5.41) is 25.5. The molecule has 0 aliphatic heterocycles. The zero-order valence-electron chi connectivity index (χ0n) is 31.6. The van der Waals surface area contributed by atoms with Gasteiger partial charge in [-0.2, -0.15) is 5.26 Å². The van der Waals surface area contributed by atoms with Crippen LogP contribution in [0.25, 0.3) is 11.1 Å². The lowest BCUT2D eigenvalue weighted by molar-refractivity contribution is -0.131. The summed E-state index contributed by atoms with van der Waals surface area (Å²) in [5.74, 6) is 0.726. The molecule has 0 aliphatic carbocycles. The van der Waals surface area contributed by atoms with E-state index in [9.17, 15) is 10.1 Å². The minimum Gasteiger partial charge on any atom is -0.488 e. The third-order valence-corrected chi connectivity index (χ3v) is 9.63. The number of nitrogens with zero attached hydrogens (tertiary/aromatic N) is 2. The number of rotatable bonds is 19. The van der Waals surface area contributed by atoms with Crippen molar-refractivity contribution in [3.63, 3.8) is 0 Å². The monoisotopic (exact) mass is 790 g/mol. The molecule has 5 rings (SSSR count). The lowest BCUT2D eigenvalue weighted by atomic mass is 9.92. The van der Waals surface area contributed by atoms with Crippen molar-refractivity contribution in [2.24, 2.45) is 0 Å². The Kier molecular flexibility index (Phi) is 15.5. The number of benzene rings is 4. The zero-order chi connectivity index (χ0) is 39.9. The van der Waals surface area contributed by atoms with Gasteiger partial charge in [-0.05, 0) is 84.0 Å². The molecule has 1 heterocycles. The van der Waals surface area contributed by atoms with Gasteiger partial charge in [0.2, 0.25) is 0 Å². The number of hydrogen-bond donors (Lipinski definition) is 3. The van der Waals surface area contributed by atoms with Crippen LogP contribution >= 0.6 is 23.2 Å². The molecule has 5 aromatic rings. The molecule has 0 atom stereocenters. The minimum absolute atomic E-state index is 0.226. The Balaban J connectivity index is 1.28. The number of hydrogen-bond acceptors (Lipinski definition) is 8. The van der Waals surface area contributed by atoms with E-state index in [1.807, 2.05) is 61.5 Å². The second kappa shape index (κ2) is 20.9. The summed E-state index contributed by atoms with van der Waals surface area (Å²) < 4.78 is 18.8. The highest BCUT2D eigenvalue weighted by Crippen LogP contribution is 2.36. The van der Waals surface area contributed by atoms with Crippen molar-refractivity contribution in [1.29, 1.82) is 5.26 Å². The van der Waals surface area contributed by atoms with Crippen LogP contribution in [0.4, 0.5) is 0 Å². The molecule has 0 aliphatic rings. The molecule has 0 saturated heterocycles. The van der Waals surface area contributed by atoms with E-state index in [0.29, 0.717) is 65.6 Å². The molecule has 0 radical (unpaired) electrons. The number of aliphatic carboxylic acids is 1. The lowest BCUT2D eigenvalue weighted by Crippen LogP contribution is -2.14. The van der Waals surface area contributed by atoms with Gasteiger partial charge in [0.25, 0.3) is 0 Å². The Labute approximate surface area is 338 Å². The first-order valence-corrected chi connectivity index (χ1v) is 18.8. The highest BCUT2D eigenvalue weighted by atomic mass is 35.5. The molecule has 288 valence electrons. The number of aromatic nitrogens is 1. The molecule has 0 bridgehead atoms. The van der Waals surface area contributed by atoms with E-state index in [4.69, 9.17) is 42.5 Å². The quantitative estimate of drug-likeness (QED) is 0.0426. The Morgan fingerprint density at radius 1 is 0.750 bits per heavy atom. The summed E-state index contributed by atoms with van der Waals surface area (Å²) in [6.07, 6.45) is 9.89. The molecular weight excluding hydrogens is 747 g/mol. The molecule has 0 saturated carbocycles. The van der Waals surface area contributed by atoms with E-state index >= 15 is 0 Å². The first-order chi connectivity index (χ1) is 27.2. The third kappa shape index (κ3) is 11.7. The maximum Gasteiger partial charge on any atom is 0.328 e. The summed E-state index contributed by atoms with van der Waals surface area (Å²) in [6, 6.07) is 25.6. The Bertz CT molecular complexity index is 2250. The molecule has 1 aromatic heterocycles. The molecule has 56 heavy (non-hydrogen) atoms. The van der Waals surface area contributed by atoms with Crippen molar-refractivity contribution in [2.75, 3.05) is 13.1 Å². The Morgan fingerprint density at radius 3 is 2.05 bits per heavy atom. The number of carboxylic acid groups (broad SMARTS) is 1. The van der Waals surface area contributed by atoms with Gasteiger partial charge in [-0.3, -0.25) is 4.98 Å². The van der Waals surface area contributed by atoms with Gasteiger partial charge < -0.3 is 30.0 Å². The van der Waals surface area contributed by atoms with Gasteiger partial charge in [0.05, 0.1) is 15.6 Å². The topological polar surface area (TPSA) is 126 Å². The summed E-state index contributed by atoms with van der Waals surface area (Å²) in [5.41, 5.74) is 9.49. The van der Waals surface area contributed by atoms with Crippen molar-refractivity contribution < 1.29 is 24.1 Å². The van der Waals surface area contributed by atoms with Crippen molar-refractivity contribution in [3.8, 4) is 34.4 Å². The average Bonchev–Trinajstić information content (AvgIpc) is 3.19. The maximum absolute atomic E-state index is 10.6. The summed E-state index contributed by atoms with van der Waals surface area (Å²) in [4.78, 5) is 14.8. The standard InChI is InChI=1S/C45H44Cl2N4O5/c1-4-5-16-50-26-37-20-41(47)44(21-43(37)54-27-34-18-33(22-48)24-51-25-34)56-29-36-10-7-12-39(31(36)3)38-11-6-9-35(30(38)2)28-55-42-15-14-32(19-40(42)46)23-49-17-8-13-45(52)53/h4-15,18-21,24-25,49-50H,16-17,23,26-29H2,1-3H3,(H,52,53)/b5-4+,13-8+. The molecule has 3 N–H and O–H groups in total. The largest absolute Gasteiger partial charge is 0.488 e. The summed E-state index contributed by atoms with van der Waals surface area (Å²) in [6.45, 7) is 9.22. The fourth-order valence-electron chi connectivity index (χ4n) is 5.96. The van der Waals surface area contributed by atoms with Crippen LogP contribution in [0.15, 0.2) is 109 Å². The molecule has 9 nitrogen and oxygen atoms in total. The number of allylic oxidation sites excluding steroid dienone is 1. The van der Waals surface area contributed by atoms with Crippen LogP contribution in [0.1, 0.15) is 51.4 Å². The van der Waals surface area contributed by atoms with Crippen LogP contribution < -0.4 is 24.8 Å². The van der Waals surface area contributed by atoms with Crippen molar-refractivity contribution in [2.45, 2.75) is 53.7 Å². The molecular formula is C45H44Cl2N4O5. The Morgan fingerprint density at radius 2 is 1.39 bits per heavy atom. The molecule has 4 aromatic carbocycles. The van der Waals surface area contributed by atoms with E-state index < -0.39 is 5.97 Å². The van der Waals surface area contributed by atoms with Crippen molar-refractivity contribution in [1.82, 2.24) is 15.6 Å². The smallest absolute Gasteiger partial charge is 0.328 e. The molecule has 0 unspecified atom stereocenters. The Hall–Kier alpha value is -5.63. The SMILES string of the molecule is C/C=C/CNCc1cc(Cl)c(OCc2cccc(-c3cccc(COc4ccc(CNC/C=C/C(=O)O)cc4Cl)c3C)c2C)cc1OCc1cncc(C#N)c1. The molecule has 0 fully saturated rings. The van der Waals surface area contributed by atoms with E-state index in [-0.39, 0.29) is 13.2 Å². The average molecular weight is 792 g/mol. The van der Waals surface area contributed by atoms with Gasteiger partial charge in [-0.15, -0.1) is 0 Å². The number of nitrogens with one attached hydrogen (secondary N) is 2. The summed E-state index contributed by atoms with van der Waals surface area (Å²) in [7, 11) is 0. The van der Waals surface area contributed by atoms with Crippen LogP contribution in [-0.2, 0) is 37.7 Å². The minimum atomic E-state index is -0.975. The van der Waals surface area contributed by atoms with Gasteiger partial charge in [0.1, 0.15) is 43.1 Å². The third-order valence-electron chi connectivity index (χ3n) is 9.04. The number of halogens is 2. The zero-order valence-corrected chi connectivity index (χ0v) is 33.1. The first kappa shape index (κ1) is 41.5. The number of carbonyl (C=O) groups is 1. The highest BCUT2D eigenvalue weighted by molar-refractivity contribution is 6.32. The lowest BCUT2D eigenvalue weighted by Gasteiger charge is -2.18. The second-order valence-corrected chi connectivity index (χ2v) is 13.8. The first-order valence-electron chi connectivity index (χ1n) is 18.1. The molecule has 11 heteroatoms. The predicted octanol–water partition coefficient (Wildman–Crippen LogP) is 9.68. The second-order valence-electron chi connectivity index (χ2n) is 13.0. The van der Waals surface area contributed by atoms with E-state index in [0.717, 1.165) is 56.1 Å². The number of ether oxygens (including phenoxy) is 3. The molecule has 0 spiro atoms. The number of pyridine rings is 1. The highest BCUT2D eigenvalue weighted by Gasteiger charge is 2.16. The fourth-order valence-corrected chi connectivity index (χ4v) is 6.46. The van der Waals surface area contributed by atoms with Crippen molar-refractivity contribution >= 4 is 29.2 Å². The predicted molar refractivity (Wildman–Crippen MR) is 221 cm³/mol. The van der Waals surface area contributed by atoms with Gasteiger partial charge in [-0.1, -0.05) is 83.9 Å². The number of nitriles is 1. The normalized spacial score (nSPS) is 11.2. The van der Waals surface area contributed by atoms with Crippen LogP contribution in [0, 0.1) is 25.2 Å². The number of carboxylic acids is 1.